The van der Waals surface area contributed by atoms with E-state index in [1.165, 1.54) is 11.8 Å². The summed E-state index contributed by atoms with van der Waals surface area (Å²) in [6.45, 7) is 9.09. The van der Waals surface area contributed by atoms with Gasteiger partial charge in [-0.1, -0.05) is 37.7 Å². The summed E-state index contributed by atoms with van der Waals surface area (Å²) in [6, 6.07) is 6.05. The SMILES string of the molecule is CCCn1c(CC)nnc1SCC(=O)Nc1cc(C)ccc1C. The highest BCUT2D eigenvalue weighted by Gasteiger charge is 2.13. The number of benzene rings is 1. The lowest BCUT2D eigenvalue weighted by Gasteiger charge is -2.10. The van der Waals surface area contributed by atoms with Crippen LogP contribution in [-0.4, -0.2) is 26.4 Å². The molecule has 1 amide bonds. The van der Waals surface area contributed by atoms with Crippen LogP contribution in [0.1, 0.15) is 37.2 Å². The third-order valence-electron chi connectivity index (χ3n) is 3.56. The van der Waals surface area contributed by atoms with Gasteiger partial charge in [0.25, 0.3) is 0 Å². The van der Waals surface area contributed by atoms with Gasteiger partial charge in [-0.05, 0) is 37.5 Å². The summed E-state index contributed by atoms with van der Waals surface area (Å²) in [6.07, 6.45) is 1.87. The highest BCUT2D eigenvalue weighted by Crippen LogP contribution is 2.20. The molecule has 1 aromatic heterocycles. The summed E-state index contributed by atoms with van der Waals surface area (Å²) in [5.74, 6) is 1.29. The van der Waals surface area contributed by atoms with E-state index >= 15 is 0 Å². The van der Waals surface area contributed by atoms with Crippen molar-refractivity contribution in [1.82, 2.24) is 14.8 Å². The van der Waals surface area contributed by atoms with Crippen LogP contribution in [0.15, 0.2) is 23.4 Å². The smallest absolute Gasteiger partial charge is 0.234 e. The fourth-order valence-corrected chi connectivity index (χ4v) is 3.11. The molecule has 1 N–H and O–H groups in total. The van der Waals surface area contributed by atoms with Gasteiger partial charge in [-0.3, -0.25) is 4.79 Å². The molecule has 0 aliphatic carbocycles. The Kier molecular flexibility index (Phi) is 6.21. The molecule has 0 aliphatic rings. The van der Waals surface area contributed by atoms with Gasteiger partial charge in [-0.2, -0.15) is 0 Å². The number of carbonyl (C=O) groups is 1. The van der Waals surface area contributed by atoms with Gasteiger partial charge < -0.3 is 9.88 Å². The van der Waals surface area contributed by atoms with Crippen LogP contribution in [0.3, 0.4) is 0 Å². The van der Waals surface area contributed by atoms with Crippen LogP contribution in [0.25, 0.3) is 0 Å². The molecule has 0 bridgehead atoms. The first kappa shape index (κ1) is 17.5. The second-order valence-electron chi connectivity index (χ2n) is 5.56. The number of nitrogens with one attached hydrogen (secondary N) is 1. The van der Waals surface area contributed by atoms with Crippen molar-refractivity contribution in [3.8, 4) is 0 Å². The fraction of sp³-hybridized carbons (Fsp3) is 0.471. The molecular weight excluding hydrogens is 308 g/mol. The van der Waals surface area contributed by atoms with Crippen molar-refractivity contribution < 1.29 is 4.79 Å². The third kappa shape index (κ3) is 4.58. The first-order chi connectivity index (χ1) is 11.0. The maximum Gasteiger partial charge on any atom is 0.234 e. The van der Waals surface area contributed by atoms with Gasteiger partial charge in [-0.25, -0.2) is 0 Å². The monoisotopic (exact) mass is 332 g/mol. The average Bonchev–Trinajstić information content (AvgIpc) is 2.91. The molecule has 0 atom stereocenters. The second-order valence-corrected chi connectivity index (χ2v) is 6.50. The summed E-state index contributed by atoms with van der Waals surface area (Å²) in [4.78, 5) is 12.2. The summed E-state index contributed by atoms with van der Waals surface area (Å²) in [5.41, 5.74) is 3.07. The largest absolute Gasteiger partial charge is 0.325 e. The van der Waals surface area contributed by atoms with Crippen molar-refractivity contribution in [2.24, 2.45) is 0 Å². The van der Waals surface area contributed by atoms with Crippen LogP contribution >= 0.6 is 11.8 Å². The van der Waals surface area contributed by atoms with E-state index in [0.717, 1.165) is 47.2 Å². The first-order valence-electron chi connectivity index (χ1n) is 7.97. The van der Waals surface area contributed by atoms with E-state index in [1.54, 1.807) is 0 Å². The van der Waals surface area contributed by atoms with Crippen LogP contribution in [0.5, 0.6) is 0 Å². The van der Waals surface area contributed by atoms with Crippen molar-refractivity contribution in [3.05, 3.63) is 35.2 Å². The topological polar surface area (TPSA) is 59.8 Å². The van der Waals surface area contributed by atoms with Crippen molar-refractivity contribution in [2.45, 2.75) is 52.2 Å². The molecule has 0 saturated heterocycles. The lowest BCUT2D eigenvalue weighted by molar-refractivity contribution is -0.113. The van der Waals surface area contributed by atoms with Crippen LogP contribution in [0.2, 0.25) is 0 Å². The number of hydrogen-bond donors (Lipinski definition) is 1. The Balaban J connectivity index is 1.99. The zero-order valence-corrected chi connectivity index (χ0v) is 15.0. The minimum absolute atomic E-state index is 0.0206. The molecule has 0 radical (unpaired) electrons. The Hall–Kier alpha value is -1.82. The second kappa shape index (κ2) is 8.15. The number of hydrogen-bond acceptors (Lipinski definition) is 4. The minimum Gasteiger partial charge on any atom is -0.325 e. The summed E-state index contributed by atoms with van der Waals surface area (Å²) in [5, 5.41) is 12.2. The maximum atomic E-state index is 12.2. The predicted octanol–water partition coefficient (Wildman–Crippen LogP) is 3.60. The van der Waals surface area contributed by atoms with Crippen molar-refractivity contribution >= 4 is 23.4 Å². The van der Waals surface area contributed by atoms with E-state index in [2.05, 4.69) is 33.9 Å². The van der Waals surface area contributed by atoms with E-state index in [0.29, 0.717) is 5.75 Å². The Morgan fingerprint density at radius 3 is 2.74 bits per heavy atom. The van der Waals surface area contributed by atoms with Gasteiger partial charge in [0.2, 0.25) is 5.91 Å². The quantitative estimate of drug-likeness (QED) is 0.787. The zero-order chi connectivity index (χ0) is 16.8. The normalized spacial score (nSPS) is 10.8. The third-order valence-corrected chi connectivity index (χ3v) is 4.52. The summed E-state index contributed by atoms with van der Waals surface area (Å²) >= 11 is 1.44. The van der Waals surface area contributed by atoms with Crippen molar-refractivity contribution in [2.75, 3.05) is 11.1 Å². The molecule has 1 aromatic carbocycles. The lowest BCUT2D eigenvalue weighted by atomic mass is 10.1. The van der Waals surface area contributed by atoms with Gasteiger partial charge in [-0.15, -0.1) is 10.2 Å². The lowest BCUT2D eigenvalue weighted by Crippen LogP contribution is -2.15. The Morgan fingerprint density at radius 1 is 1.26 bits per heavy atom. The Labute approximate surface area is 141 Å². The number of aromatic nitrogens is 3. The number of aryl methyl sites for hydroxylation is 3. The van der Waals surface area contributed by atoms with Gasteiger partial charge in [0.1, 0.15) is 5.82 Å². The predicted molar refractivity (Wildman–Crippen MR) is 95.0 cm³/mol. The number of carbonyl (C=O) groups excluding carboxylic acids is 1. The Bertz CT molecular complexity index is 681. The average molecular weight is 332 g/mol. The summed E-state index contributed by atoms with van der Waals surface area (Å²) in [7, 11) is 0. The van der Waals surface area contributed by atoms with Crippen LogP contribution in [0, 0.1) is 13.8 Å². The number of amides is 1. The minimum atomic E-state index is -0.0206. The van der Waals surface area contributed by atoms with E-state index in [-0.39, 0.29) is 5.91 Å². The van der Waals surface area contributed by atoms with E-state index in [4.69, 9.17) is 0 Å². The van der Waals surface area contributed by atoms with Crippen molar-refractivity contribution in [3.63, 3.8) is 0 Å². The molecule has 0 saturated carbocycles. The van der Waals surface area contributed by atoms with E-state index in [9.17, 15) is 4.79 Å². The van der Waals surface area contributed by atoms with Crippen LogP contribution in [0.4, 0.5) is 5.69 Å². The zero-order valence-electron chi connectivity index (χ0n) is 14.2. The molecule has 1 heterocycles. The molecule has 0 unspecified atom stereocenters. The first-order valence-corrected chi connectivity index (χ1v) is 8.95. The standard InChI is InChI=1S/C17H24N4OS/c1-5-9-21-15(6-2)19-20-17(21)23-11-16(22)18-14-10-12(3)7-8-13(14)4/h7-8,10H,5-6,9,11H2,1-4H3,(H,18,22). The van der Waals surface area contributed by atoms with Crippen molar-refractivity contribution in [1.29, 1.82) is 0 Å². The molecular formula is C17H24N4OS. The van der Waals surface area contributed by atoms with Crippen LogP contribution < -0.4 is 5.32 Å². The number of thioether (sulfide) groups is 1. The van der Waals surface area contributed by atoms with Gasteiger partial charge in [0, 0.05) is 18.7 Å². The highest BCUT2D eigenvalue weighted by atomic mass is 32.2. The molecule has 0 spiro atoms. The van der Waals surface area contributed by atoms with E-state index in [1.807, 2.05) is 32.0 Å². The maximum absolute atomic E-state index is 12.2. The molecule has 0 fully saturated rings. The molecule has 23 heavy (non-hydrogen) atoms. The molecule has 5 nitrogen and oxygen atoms in total. The molecule has 2 aromatic rings. The molecule has 0 aliphatic heterocycles. The number of rotatable bonds is 7. The van der Waals surface area contributed by atoms with Gasteiger partial charge >= 0.3 is 0 Å². The number of nitrogens with zero attached hydrogens (tertiary/aromatic N) is 3. The highest BCUT2D eigenvalue weighted by molar-refractivity contribution is 7.99. The molecule has 6 heteroatoms. The molecule has 2 rings (SSSR count). The van der Waals surface area contributed by atoms with Gasteiger partial charge in [0.05, 0.1) is 5.75 Å². The number of anilines is 1. The Morgan fingerprint density at radius 2 is 2.04 bits per heavy atom. The van der Waals surface area contributed by atoms with Gasteiger partial charge in [0.15, 0.2) is 5.16 Å². The van der Waals surface area contributed by atoms with E-state index < -0.39 is 0 Å². The summed E-state index contributed by atoms with van der Waals surface area (Å²) < 4.78 is 2.11. The van der Waals surface area contributed by atoms with Crippen LogP contribution in [-0.2, 0) is 17.8 Å². The fourth-order valence-electron chi connectivity index (χ4n) is 2.32. The molecule has 124 valence electrons.